The van der Waals surface area contributed by atoms with E-state index in [0.717, 1.165) is 13.0 Å². The lowest BCUT2D eigenvalue weighted by Gasteiger charge is -2.47. The first-order valence-electron chi connectivity index (χ1n) is 7.90. The van der Waals surface area contributed by atoms with Crippen molar-refractivity contribution < 1.29 is 0 Å². The van der Waals surface area contributed by atoms with Gasteiger partial charge in [0.05, 0.1) is 11.7 Å². The van der Waals surface area contributed by atoms with Crippen LogP contribution in [0.4, 0.5) is 0 Å². The molecule has 0 saturated carbocycles. The summed E-state index contributed by atoms with van der Waals surface area (Å²) in [7, 11) is 0. The Balaban J connectivity index is 2.30. The predicted octanol–water partition coefficient (Wildman–Crippen LogP) is 2.06. The maximum atomic E-state index is 5.94. The molecular formula is C15H29N5. The predicted molar refractivity (Wildman–Crippen MR) is 82.1 cm³/mol. The van der Waals surface area contributed by atoms with Crippen LogP contribution in [0.3, 0.4) is 0 Å². The van der Waals surface area contributed by atoms with E-state index in [4.69, 9.17) is 5.84 Å². The number of nitrogens with zero attached hydrogens (tertiary/aromatic N) is 3. The molecule has 2 heterocycles. The summed E-state index contributed by atoms with van der Waals surface area (Å²) in [6, 6.07) is 2.19. The lowest BCUT2D eigenvalue weighted by atomic mass is 9.84. The average molecular weight is 279 g/mol. The maximum Gasteiger partial charge on any atom is 0.0809 e. The fraction of sp³-hybridized carbons (Fsp3) is 0.800. The van der Waals surface area contributed by atoms with Crippen molar-refractivity contribution in [2.75, 3.05) is 13.1 Å². The van der Waals surface area contributed by atoms with Gasteiger partial charge in [0.1, 0.15) is 0 Å². The van der Waals surface area contributed by atoms with E-state index in [2.05, 4.69) is 42.3 Å². The fourth-order valence-corrected chi connectivity index (χ4v) is 3.45. The normalized spacial score (nSPS) is 21.6. The van der Waals surface area contributed by atoms with Crippen LogP contribution < -0.4 is 11.3 Å². The third-order valence-corrected chi connectivity index (χ3v) is 4.93. The molecule has 1 aromatic heterocycles. The molecule has 0 spiro atoms. The highest BCUT2D eigenvalue weighted by Crippen LogP contribution is 2.35. The lowest BCUT2D eigenvalue weighted by Crippen LogP contribution is -2.57. The van der Waals surface area contributed by atoms with Gasteiger partial charge in [-0.1, -0.05) is 13.3 Å². The molecule has 1 aromatic rings. The van der Waals surface area contributed by atoms with Crippen molar-refractivity contribution in [2.45, 2.75) is 64.6 Å². The highest BCUT2D eigenvalue weighted by atomic mass is 15.3. The van der Waals surface area contributed by atoms with E-state index in [1.54, 1.807) is 0 Å². The van der Waals surface area contributed by atoms with Crippen LogP contribution in [0.5, 0.6) is 0 Å². The van der Waals surface area contributed by atoms with Crippen molar-refractivity contribution in [1.29, 1.82) is 0 Å². The van der Waals surface area contributed by atoms with E-state index < -0.39 is 0 Å². The summed E-state index contributed by atoms with van der Waals surface area (Å²) in [5.41, 5.74) is 4.28. The summed E-state index contributed by atoms with van der Waals surface area (Å²) < 4.78 is 2.04. The van der Waals surface area contributed by atoms with Crippen molar-refractivity contribution >= 4 is 0 Å². The molecule has 1 saturated heterocycles. The van der Waals surface area contributed by atoms with Gasteiger partial charge in [0.2, 0.25) is 0 Å². The summed E-state index contributed by atoms with van der Waals surface area (Å²) in [6.45, 7) is 9.92. The monoisotopic (exact) mass is 279 g/mol. The third-order valence-electron chi connectivity index (χ3n) is 4.93. The van der Waals surface area contributed by atoms with Crippen molar-refractivity contribution in [3.05, 3.63) is 18.0 Å². The molecule has 0 aliphatic carbocycles. The Morgan fingerprint density at radius 3 is 2.60 bits per heavy atom. The smallest absolute Gasteiger partial charge is 0.0809 e. The molecule has 2 rings (SSSR count). The van der Waals surface area contributed by atoms with Crippen molar-refractivity contribution in [3.8, 4) is 0 Å². The number of likely N-dealkylation sites (tertiary alicyclic amines) is 1. The molecule has 3 N–H and O–H groups in total. The summed E-state index contributed by atoms with van der Waals surface area (Å²) in [5.74, 6) is 5.94. The van der Waals surface area contributed by atoms with Crippen LogP contribution in [-0.4, -0.2) is 33.3 Å². The number of aromatic nitrogens is 2. The van der Waals surface area contributed by atoms with Crippen molar-refractivity contribution in [1.82, 2.24) is 20.1 Å². The number of hydrogen-bond donors (Lipinski definition) is 2. The van der Waals surface area contributed by atoms with Gasteiger partial charge in [-0.05, 0) is 52.3 Å². The molecule has 0 aromatic carbocycles. The standard InChI is InChI=1S/C15H29N5/c1-4-15(3,19-11-7-6-8-12-19)14(18-16)13-9-10-17-20(13)5-2/h9-10,14,18H,4-8,11-12,16H2,1-3H3. The van der Waals surface area contributed by atoms with E-state index in [-0.39, 0.29) is 11.6 Å². The van der Waals surface area contributed by atoms with Gasteiger partial charge in [0.25, 0.3) is 0 Å². The number of hydrogen-bond acceptors (Lipinski definition) is 4. The van der Waals surface area contributed by atoms with E-state index >= 15 is 0 Å². The van der Waals surface area contributed by atoms with Gasteiger partial charge in [-0.2, -0.15) is 5.10 Å². The maximum absolute atomic E-state index is 5.94. The summed E-state index contributed by atoms with van der Waals surface area (Å²) >= 11 is 0. The van der Waals surface area contributed by atoms with Crippen LogP contribution in [0.2, 0.25) is 0 Å². The number of rotatable bonds is 6. The molecule has 1 fully saturated rings. The van der Waals surface area contributed by atoms with Gasteiger partial charge in [-0.3, -0.25) is 15.4 Å². The molecule has 1 aliphatic heterocycles. The second kappa shape index (κ2) is 6.70. The van der Waals surface area contributed by atoms with E-state index in [1.165, 1.54) is 38.0 Å². The molecule has 1 aliphatic rings. The van der Waals surface area contributed by atoms with Gasteiger partial charge in [0.15, 0.2) is 0 Å². The first-order chi connectivity index (χ1) is 9.67. The van der Waals surface area contributed by atoms with Crippen LogP contribution in [0, 0.1) is 0 Å². The zero-order valence-corrected chi connectivity index (χ0v) is 13.1. The number of aryl methyl sites for hydroxylation is 1. The zero-order valence-electron chi connectivity index (χ0n) is 13.1. The molecule has 114 valence electrons. The minimum Gasteiger partial charge on any atom is -0.296 e. The van der Waals surface area contributed by atoms with Gasteiger partial charge < -0.3 is 0 Å². The Kier molecular flexibility index (Phi) is 5.18. The van der Waals surface area contributed by atoms with E-state index in [1.807, 2.05) is 10.9 Å². The Hall–Kier alpha value is -0.910. The number of hydrazine groups is 1. The largest absolute Gasteiger partial charge is 0.296 e. The van der Waals surface area contributed by atoms with Crippen molar-refractivity contribution in [3.63, 3.8) is 0 Å². The quantitative estimate of drug-likeness (QED) is 0.618. The number of nitrogens with two attached hydrogens (primary N) is 1. The molecule has 0 amide bonds. The summed E-state index contributed by atoms with van der Waals surface area (Å²) in [5, 5.41) is 4.40. The molecular weight excluding hydrogens is 250 g/mol. The molecule has 20 heavy (non-hydrogen) atoms. The second-order valence-electron chi connectivity index (χ2n) is 5.93. The minimum absolute atomic E-state index is 0.0299. The SMILES string of the molecule is CCn1nccc1C(NN)C(C)(CC)N1CCCCC1. The topological polar surface area (TPSA) is 59.1 Å². The Morgan fingerprint density at radius 2 is 2.05 bits per heavy atom. The molecule has 2 atom stereocenters. The highest BCUT2D eigenvalue weighted by molar-refractivity contribution is 5.14. The molecule has 5 heteroatoms. The van der Waals surface area contributed by atoms with Crippen molar-refractivity contribution in [2.24, 2.45) is 5.84 Å². The molecule has 5 nitrogen and oxygen atoms in total. The highest BCUT2D eigenvalue weighted by Gasteiger charge is 2.40. The summed E-state index contributed by atoms with van der Waals surface area (Å²) in [6.07, 6.45) is 6.87. The fourth-order valence-electron chi connectivity index (χ4n) is 3.45. The minimum atomic E-state index is 0.0299. The number of nitrogens with one attached hydrogen (secondary N) is 1. The summed E-state index contributed by atoms with van der Waals surface area (Å²) in [4.78, 5) is 2.61. The van der Waals surface area contributed by atoms with Crippen LogP contribution in [-0.2, 0) is 6.54 Å². The van der Waals surface area contributed by atoms with Gasteiger partial charge in [-0.25, -0.2) is 5.43 Å². The molecule has 2 unspecified atom stereocenters. The first kappa shape index (κ1) is 15.5. The average Bonchev–Trinajstić information content (AvgIpc) is 2.97. The van der Waals surface area contributed by atoms with E-state index in [0.29, 0.717) is 0 Å². The first-order valence-corrected chi connectivity index (χ1v) is 7.90. The van der Waals surface area contributed by atoms with Gasteiger partial charge in [0, 0.05) is 18.3 Å². The van der Waals surface area contributed by atoms with Gasteiger partial charge >= 0.3 is 0 Å². The Morgan fingerprint density at radius 1 is 1.35 bits per heavy atom. The van der Waals surface area contributed by atoms with Crippen LogP contribution in [0.1, 0.15) is 58.2 Å². The number of piperidine rings is 1. The molecule has 0 radical (unpaired) electrons. The Labute approximate surface area is 122 Å². The van der Waals surface area contributed by atoms with E-state index in [9.17, 15) is 0 Å². The van der Waals surface area contributed by atoms with Crippen LogP contribution >= 0.6 is 0 Å². The zero-order chi connectivity index (χ0) is 14.6. The third kappa shape index (κ3) is 2.75. The van der Waals surface area contributed by atoms with Gasteiger partial charge in [-0.15, -0.1) is 0 Å². The Bertz CT molecular complexity index is 410. The molecule has 0 bridgehead atoms. The van der Waals surface area contributed by atoms with Crippen LogP contribution in [0.15, 0.2) is 12.3 Å². The van der Waals surface area contributed by atoms with Crippen LogP contribution in [0.25, 0.3) is 0 Å². The lowest BCUT2D eigenvalue weighted by molar-refractivity contribution is 0.0397. The second-order valence-corrected chi connectivity index (χ2v) is 5.93.